The highest BCUT2D eigenvalue weighted by Crippen LogP contribution is 2.29. The van der Waals surface area contributed by atoms with Gasteiger partial charge in [-0.1, -0.05) is 44.4 Å². The van der Waals surface area contributed by atoms with Crippen molar-refractivity contribution < 1.29 is 14.4 Å². The summed E-state index contributed by atoms with van der Waals surface area (Å²) in [4.78, 5) is 39.0. The normalized spacial score (nSPS) is 16.0. The minimum Gasteiger partial charge on any atom is -0.399 e. The molecule has 8 nitrogen and oxygen atoms in total. The van der Waals surface area contributed by atoms with Crippen LogP contribution in [0, 0.1) is 0 Å². The van der Waals surface area contributed by atoms with E-state index >= 15 is 0 Å². The number of fused-ring (bicyclic) bond motifs is 1. The van der Waals surface area contributed by atoms with Crippen molar-refractivity contribution in [3.8, 4) is 0 Å². The third kappa shape index (κ3) is 6.98. The van der Waals surface area contributed by atoms with Crippen LogP contribution in [-0.2, 0) is 16.2 Å². The zero-order chi connectivity index (χ0) is 26.2. The molecule has 1 fully saturated rings. The van der Waals surface area contributed by atoms with E-state index in [9.17, 15) is 9.59 Å². The molecule has 0 atom stereocenters. The standard InChI is InChI=1S/C29H37N5O3/c1-2-14-34(37-20-21-8-12-25(30)13-9-21)29(36)24-17-22-10-11-23(18-26(22)32-27(31)19-24)28(35)33-15-6-4-3-5-7-16-33/h8-13,17-18H,2-7,14-16,19-20,30H2,1H3,(H2,31,32). The summed E-state index contributed by atoms with van der Waals surface area (Å²) in [5.74, 6) is 0.0986. The number of rotatable bonds is 7. The minimum absolute atomic E-state index is 0.0215. The summed E-state index contributed by atoms with van der Waals surface area (Å²) >= 11 is 0. The van der Waals surface area contributed by atoms with E-state index in [1.54, 1.807) is 24.3 Å². The SMILES string of the molecule is CCCN(OCc1ccc(N)cc1)C(=O)C1=Cc2ccc(C(=O)N3CCCCCCC3)cc2N=C(N)C1. The van der Waals surface area contributed by atoms with Crippen LogP contribution in [0.15, 0.2) is 53.0 Å². The average Bonchev–Trinajstić information content (AvgIpc) is 3.04. The van der Waals surface area contributed by atoms with E-state index in [4.69, 9.17) is 16.3 Å². The summed E-state index contributed by atoms with van der Waals surface area (Å²) in [5.41, 5.74) is 16.0. The summed E-state index contributed by atoms with van der Waals surface area (Å²) < 4.78 is 0. The van der Waals surface area contributed by atoms with Crippen LogP contribution in [0.1, 0.15) is 73.4 Å². The lowest BCUT2D eigenvalue weighted by molar-refractivity contribution is -0.187. The van der Waals surface area contributed by atoms with Gasteiger partial charge in [0.15, 0.2) is 0 Å². The fraction of sp³-hybridized carbons (Fsp3) is 0.414. The fourth-order valence-corrected chi connectivity index (χ4v) is 4.65. The molecule has 8 heteroatoms. The Hall–Kier alpha value is -3.65. The zero-order valence-electron chi connectivity index (χ0n) is 21.6. The van der Waals surface area contributed by atoms with E-state index in [0.717, 1.165) is 56.3 Å². The van der Waals surface area contributed by atoms with Crippen LogP contribution in [-0.4, -0.2) is 47.2 Å². The fourth-order valence-electron chi connectivity index (χ4n) is 4.65. The smallest absolute Gasteiger partial charge is 0.273 e. The molecule has 2 aliphatic rings. The van der Waals surface area contributed by atoms with Gasteiger partial charge < -0.3 is 16.4 Å². The first-order valence-corrected chi connectivity index (χ1v) is 13.2. The predicted octanol–water partition coefficient (Wildman–Crippen LogP) is 4.82. The van der Waals surface area contributed by atoms with Crippen LogP contribution >= 0.6 is 0 Å². The molecule has 2 amide bonds. The monoisotopic (exact) mass is 503 g/mol. The summed E-state index contributed by atoms with van der Waals surface area (Å²) in [6.45, 7) is 4.25. The van der Waals surface area contributed by atoms with E-state index in [1.807, 2.05) is 36.1 Å². The van der Waals surface area contributed by atoms with Crippen molar-refractivity contribution in [3.63, 3.8) is 0 Å². The molecule has 0 radical (unpaired) electrons. The van der Waals surface area contributed by atoms with Gasteiger partial charge >= 0.3 is 0 Å². The first-order valence-electron chi connectivity index (χ1n) is 13.2. The van der Waals surface area contributed by atoms with Gasteiger partial charge in [0.25, 0.3) is 11.8 Å². The number of amidine groups is 1. The Balaban J connectivity index is 1.52. The lowest BCUT2D eigenvalue weighted by atomic mass is 10.0. The third-order valence-electron chi connectivity index (χ3n) is 6.68. The maximum atomic E-state index is 13.5. The maximum absolute atomic E-state index is 13.5. The van der Waals surface area contributed by atoms with Gasteiger partial charge in [-0.25, -0.2) is 10.1 Å². The van der Waals surface area contributed by atoms with Gasteiger partial charge in [-0.15, -0.1) is 0 Å². The number of likely N-dealkylation sites (tertiary alicyclic amines) is 1. The molecule has 0 aliphatic carbocycles. The van der Waals surface area contributed by atoms with Crippen molar-refractivity contribution in [1.29, 1.82) is 0 Å². The number of anilines is 1. The second kappa shape index (κ2) is 12.5. The van der Waals surface area contributed by atoms with E-state index in [0.29, 0.717) is 34.9 Å². The first-order chi connectivity index (χ1) is 17.9. The molecule has 0 aromatic heterocycles. The Morgan fingerprint density at radius 3 is 2.41 bits per heavy atom. The van der Waals surface area contributed by atoms with Crippen molar-refractivity contribution in [2.24, 2.45) is 10.7 Å². The number of nitrogens with two attached hydrogens (primary N) is 2. The molecule has 0 spiro atoms. The number of nitrogen functional groups attached to an aromatic ring is 1. The van der Waals surface area contributed by atoms with Gasteiger partial charge in [0, 0.05) is 48.4 Å². The average molecular weight is 504 g/mol. The number of hydrogen-bond donors (Lipinski definition) is 2. The van der Waals surface area contributed by atoms with E-state index in [1.165, 1.54) is 11.5 Å². The van der Waals surface area contributed by atoms with Gasteiger partial charge in [0.05, 0.1) is 5.69 Å². The second-order valence-corrected chi connectivity index (χ2v) is 9.71. The van der Waals surface area contributed by atoms with Crippen LogP contribution < -0.4 is 11.5 Å². The highest BCUT2D eigenvalue weighted by Gasteiger charge is 2.23. The van der Waals surface area contributed by atoms with Crippen LogP contribution in [0.4, 0.5) is 11.4 Å². The number of hydroxylamine groups is 2. The van der Waals surface area contributed by atoms with Crippen molar-refractivity contribution in [3.05, 3.63) is 64.7 Å². The van der Waals surface area contributed by atoms with E-state index < -0.39 is 0 Å². The second-order valence-electron chi connectivity index (χ2n) is 9.71. The molecule has 2 aromatic carbocycles. The molecular formula is C29H37N5O3. The maximum Gasteiger partial charge on any atom is 0.273 e. The molecule has 0 bridgehead atoms. The molecule has 0 saturated carbocycles. The predicted molar refractivity (Wildman–Crippen MR) is 147 cm³/mol. The van der Waals surface area contributed by atoms with E-state index in [2.05, 4.69) is 4.99 Å². The van der Waals surface area contributed by atoms with Gasteiger partial charge in [-0.2, -0.15) is 0 Å². The number of amides is 2. The van der Waals surface area contributed by atoms with Gasteiger partial charge in [0.1, 0.15) is 12.4 Å². The highest BCUT2D eigenvalue weighted by atomic mass is 16.7. The van der Waals surface area contributed by atoms with E-state index in [-0.39, 0.29) is 24.8 Å². The molecule has 2 heterocycles. The molecule has 0 unspecified atom stereocenters. The molecular weight excluding hydrogens is 466 g/mol. The first kappa shape index (κ1) is 26.4. The third-order valence-corrected chi connectivity index (χ3v) is 6.68. The number of hydrogen-bond acceptors (Lipinski definition) is 6. The van der Waals surface area contributed by atoms with Crippen molar-refractivity contribution in [1.82, 2.24) is 9.96 Å². The molecule has 2 aliphatic heterocycles. The largest absolute Gasteiger partial charge is 0.399 e. The Morgan fingerprint density at radius 1 is 1.00 bits per heavy atom. The number of nitrogens with zero attached hydrogens (tertiary/aromatic N) is 3. The van der Waals surface area contributed by atoms with Crippen LogP contribution in [0.25, 0.3) is 6.08 Å². The Labute approximate surface area is 218 Å². The number of aliphatic imine (C=N–C) groups is 1. The zero-order valence-corrected chi connectivity index (χ0v) is 21.6. The van der Waals surface area contributed by atoms with Gasteiger partial charge in [0.2, 0.25) is 0 Å². The van der Waals surface area contributed by atoms with Gasteiger partial charge in [-0.3, -0.25) is 14.4 Å². The summed E-state index contributed by atoms with van der Waals surface area (Å²) in [6, 6.07) is 12.8. The highest BCUT2D eigenvalue weighted by molar-refractivity contribution is 6.05. The molecule has 1 saturated heterocycles. The molecule has 37 heavy (non-hydrogen) atoms. The number of benzene rings is 2. The number of carbonyl (C=O) groups is 2. The Morgan fingerprint density at radius 2 is 1.70 bits per heavy atom. The molecule has 196 valence electrons. The van der Waals surface area contributed by atoms with Crippen molar-refractivity contribution in [2.75, 3.05) is 25.4 Å². The van der Waals surface area contributed by atoms with Gasteiger partial charge in [-0.05, 0) is 55.2 Å². The topological polar surface area (TPSA) is 114 Å². The summed E-state index contributed by atoms with van der Waals surface area (Å²) in [7, 11) is 0. The Bertz CT molecular complexity index is 1160. The lowest BCUT2D eigenvalue weighted by Crippen LogP contribution is -2.34. The molecule has 4 N–H and O–H groups in total. The van der Waals surface area contributed by atoms with Crippen LogP contribution in [0.2, 0.25) is 0 Å². The van der Waals surface area contributed by atoms with Crippen molar-refractivity contribution >= 4 is 35.1 Å². The summed E-state index contributed by atoms with van der Waals surface area (Å²) in [5, 5.41) is 1.39. The number of carbonyl (C=O) groups excluding carboxylic acids is 2. The Kier molecular flexibility index (Phi) is 8.95. The van der Waals surface area contributed by atoms with Crippen LogP contribution in [0.3, 0.4) is 0 Å². The summed E-state index contributed by atoms with van der Waals surface area (Å²) in [6.07, 6.45) is 8.38. The lowest BCUT2D eigenvalue weighted by Gasteiger charge is -2.25. The molecule has 2 aromatic rings. The minimum atomic E-state index is -0.246. The quantitative estimate of drug-likeness (QED) is 0.415. The molecule has 4 rings (SSSR count). The van der Waals surface area contributed by atoms with Crippen molar-refractivity contribution in [2.45, 2.75) is 58.5 Å². The van der Waals surface area contributed by atoms with Crippen LogP contribution in [0.5, 0.6) is 0 Å².